The quantitative estimate of drug-likeness (QED) is 0.727. The third-order valence-electron chi connectivity index (χ3n) is 1.61. The van der Waals surface area contributed by atoms with Crippen LogP contribution >= 0.6 is 0 Å². The fraction of sp³-hybridized carbons (Fsp3) is 0.714. The molecule has 0 aromatic carbocycles. The maximum atomic E-state index is 11.9. The fourth-order valence-electron chi connectivity index (χ4n) is 0.549. The van der Waals surface area contributed by atoms with E-state index in [9.17, 15) is 22.8 Å². The van der Waals surface area contributed by atoms with Crippen molar-refractivity contribution in [1.29, 1.82) is 0 Å². The Morgan fingerprint density at radius 1 is 1.29 bits per heavy atom. The van der Waals surface area contributed by atoms with Gasteiger partial charge in [-0.1, -0.05) is 0 Å². The molecule has 0 aromatic heterocycles. The van der Waals surface area contributed by atoms with Gasteiger partial charge in [-0.15, -0.1) is 0 Å². The van der Waals surface area contributed by atoms with E-state index in [1.807, 2.05) is 0 Å². The first-order chi connectivity index (χ1) is 6.16. The van der Waals surface area contributed by atoms with Gasteiger partial charge in [-0.3, -0.25) is 9.59 Å². The molecule has 2 atom stereocenters. The van der Waals surface area contributed by atoms with Gasteiger partial charge in [0.1, 0.15) is 12.0 Å². The second kappa shape index (κ2) is 4.30. The number of nitrogens with one attached hydrogen (secondary N) is 1. The number of aliphatic carboxylic acids is 1. The molecule has 0 fully saturated rings. The van der Waals surface area contributed by atoms with Gasteiger partial charge in [-0.05, 0) is 13.8 Å². The molecular weight excluding hydrogens is 203 g/mol. The van der Waals surface area contributed by atoms with E-state index >= 15 is 0 Å². The molecule has 0 aliphatic rings. The minimum Gasteiger partial charge on any atom is -0.480 e. The van der Waals surface area contributed by atoms with Crippen molar-refractivity contribution in [3.05, 3.63) is 0 Å². The van der Waals surface area contributed by atoms with Gasteiger partial charge < -0.3 is 10.4 Å². The highest BCUT2D eigenvalue weighted by atomic mass is 19.4. The molecule has 0 rings (SSSR count). The Balaban J connectivity index is 4.29. The van der Waals surface area contributed by atoms with E-state index in [0.717, 1.165) is 6.92 Å². The SMILES string of the molecule is CC(NC(=O)C(C)C(F)(F)F)C(=O)O. The number of alkyl halides is 3. The summed E-state index contributed by atoms with van der Waals surface area (Å²) in [4.78, 5) is 21.0. The average Bonchev–Trinajstić information content (AvgIpc) is 2.00. The van der Waals surface area contributed by atoms with Crippen LogP contribution in [0.5, 0.6) is 0 Å². The summed E-state index contributed by atoms with van der Waals surface area (Å²) in [6.45, 7) is 1.76. The van der Waals surface area contributed by atoms with Crippen LogP contribution in [0.4, 0.5) is 13.2 Å². The normalized spacial score (nSPS) is 15.8. The summed E-state index contributed by atoms with van der Waals surface area (Å²) in [7, 11) is 0. The lowest BCUT2D eigenvalue weighted by atomic mass is 10.1. The molecule has 2 unspecified atom stereocenters. The van der Waals surface area contributed by atoms with Crippen LogP contribution in [0.25, 0.3) is 0 Å². The number of amides is 1. The predicted octanol–water partition coefficient (Wildman–Crippen LogP) is 0.774. The number of halogens is 3. The molecule has 0 radical (unpaired) electrons. The largest absolute Gasteiger partial charge is 0.480 e. The molecule has 82 valence electrons. The van der Waals surface area contributed by atoms with Gasteiger partial charge in [0.15, 0.2) is 0 Å². The van der Waals surface area contributed by atoms with Crippen molar-refractivity contribution in [2.45, 2.75) is 26.1 Å². The molecular formula is C7H10F3NO3. The van der Waals surface area contributed by atoms with E-state index in [2.05, 4.69) is 0 Å². The molecule has 0 spiro atoms. The fourth-order valence-corrected chi connectivity index (χ4v) is 0.549. The molecule has 14 heavy (non-hydrogen) atoms. The van der Waals surface area contributed by atoms with Crippen molar-refractivity contribution in [3.63, 3.8) is 0 Å². The van der Waals surface area contributed by atoms with Gasteiger partial charge in [0.2, 0.25) is 5.91 Å². The van der Waals surface area contributed by atoms with Crippen molar-refractivity contribution in [1.82, 2.24) is 5.32 Å². The Bertz CT molecular complexity index is 239. The molecule has 4 nitrogen and oxygen atoms in total. The van der Waals surface area contributed by atoms with Gasteiger partial charge in [0, 0.05) is 0 Å². The van der Waals surface area contributed by atoms with E-state index in [-0.39, 0.29) is 0 Å². The standard InChI is InChI=1S/C7H10F3NO3/c1-3(7(8,9)10)5(12)11-4(2)6(13)14/h3-4H,1-2H3,(H,11,12)(H,13,14). The van der Waals surface area contributed by atoms with Gasteiger partial charge in [0.25, 0.3) is 0 Å². The van der Waals surface area contributed by atoms with Crippen LogP contribution in [-0.4, -0.2) is 29.2 Å². The molecule has 0 bridgehead atoms. The van der Waals surface area contributed by atoms with Gasteiger partial charge in [0.05, 0.1) is 0 Å². The Morgan fingerprint density at radius 3 is 2.00 bits per heavy atom. The zero-order valence-electron chi connectivity index (χ0n) is 7.55. The summed E-state index contributed by atoms with van der Waals surface area (Å²) < 4.78 is 35.8. The highest BCUT2D eigenvalue weighted by molar-refractivity contribution is 5.84. The van der Waals surface area contributed by atoms with Crippen molar-refractivity contribution in [2.75, 3.05) is 0 Å². The summed E-state index contributed by atoms with van der Waals surface area (Å²) >= 11 is 0. The molecule has 0 heterocycles. The van der Waals surface area contributed by atoms with Crippen LogP contribution in [-0.2, 0) is 9.59 Å². The highest BCUT2D eigenvalue weighted by Crippen LogP contribution is 2.25. The van der Waals surface area contributed by atoms with E-state index in [1.165, 1.54) is 0 Å². The van der Waals surface area contributed by atoms with Crippen LogP contribution in [0.3, 0.4) is 0 Å². The first kappa shape index (κ1) is 12.7. The van der Waals surface area contributed by atoms with Crippen LogP contribution in [0.1, 0.15) is 13.8 Å². The molecule has 7 heteroatoms. The molecule has 2 N–H and O–H groups in total. The highest BCUT2D eigenvalue weighted by Gasteiger charge is 2.41. The second-order valence-corrected chi connectivity index (χ2v) is 2.83. The maximum Gasteiger partial charge on any atom is 0.400 e. The van der Waals surface area contributed by atoms with Crippen LogP contribution in [0, 0.1) is 5.92 Å². The number of hydrogen-bond donors (Lipinski definition) is 2. The minimum atomic E-state index is -4.65. The predicted molar refractivity (Wildman–Crippen MR) is 40.5 cm³/mol. The summed E-state index contributed by atoms with van der Waals surface area (Å²) in [5, 5.41) is 10.0. The topological polar surface area (TPSA) is 66.4 Å². The van der Waals surface area contributed by atoms with Crippen LogP contribution in [0.15, 0.2) is 0 Å². The van der Waals surface area contributed by atoms with Crippen molar-refractivity contribution >= 4 is 11.9 Å². The number of carbonyl (C=O) groups is 2. The lowest BCUT2D eigenvalue weighted by Crippen LogP contribution is -2.44. The van der Waals surface area contributed by atoms with Gasteiger partial charge in [-0.25, -0.2) is 0 Å². The number of carboxylic acid groups (broad SMARTS) is 1. The first-order valence-corrected chi connectivity index (χ1v) is 3.76. The Kier molecular flexibility index (Phi) is 3.91. The summed E-state index contributed by atoms with van der Waals surface area (Å²) in [6.07, 6.45) is -4.65. The molecule has 0 saturated heterocycles. The van der Waals surface area contributed by atoms with Crippen molar-refractivity contribution in [3.8, 4) is 0 Å². The number of carbonyl (C=O) groups excluding carboxylic acids is 1. The Hall–Kier alpha value is -1.27. The van der Waals surface area contributed by atoms with Crippen LogP contribution in [0.2, 0.25) is 0 Å². The van der Waals surface area contributed by atoms with Crippen molar-refractivity contribution in [2.24, 2.45) is 5.92 Å². The average molecular weight is 213 g/mol. The zero-order chi connectivity index (χ0) is 11.5. The van der Waals surface area contributed by atoms with Crippen molar-refractivity contribution < 1.29 is 27.9 Å². The number of rotatable bonds is 3. The zero-order valence-corrected chi connectivity index (χ0v) is 7.55. The van der Waals surface area contributed by atoms with E-state index in [1.54, 1.807) is 5.32 Å². The summed E-state index contributed by atoms with van der Waals surface area (Å²) in [5.74, 6) is -4.93. The lowest BCUT2D eigenvalue weighted by Gasteiger charge is -2.16. The van der Waals surface area contributed by atoms with Crippen LogP contribution < -0.4 is 5.32 Å². The summed E-state index contributed by atoms with van der Waals surface area (Å²) in [6, 6.07) is -1.33. The monoisotopic (exact) mass is 213 g/mol. The Labute approximate surface area is 78.1 Å². The molecule has 0 aliphatic heterocycles. The minimum absolute atomic E-state index is 0.671. The Morgan fingerprint density at radius 2 is 1.71 bits per heavy atom. The number of carboxylic acids is 1. The molecule has 1 amide bonds. The molecule has 0 aliphatic carbocycles. The molecule has 0 aromatic rings. The lowest BCUT2D eigenvalue weighted by molar-refractivity contribution is -0.180. The summed E-state index contributed by atoms with van der Waals surface area (Å²) in [5.41, 5.74) is 0. The van der Waals surface area contributed by atoms with E-state index in [4.69, 9.17) is 5.11 Å². The van der Waals surface area contributed by atoms with Gasteiger partial charge in [-0.2, -0.15) is 13.2 Å². The maximum absolute atomic E-state index is 11.9. The third-order valence-corrected chi connectivity index (χ3v) is 1.61. The van der Waals surface area contributed by atoms with Gasteiger partial charge >= 0.3 is 12.1 Å². The van der Waals surface area contributed by atoms with E-state index < -0.39 is 30.0 Å². The smallest absolute Gasteiger partial charge is 0.400 e. The molecule has 0 saturated carbocycles. The third kappa shape index (κ3) is 3.63. The van der Waals surface area contributed by atoms with E-state index in [0.29, 0.717) is 6.92 Å². The number of hydrogen-bond acceptors (Lipinski definition) is 2. The second-order valence-electron chi connectivity index (χ2n) is 2.83. The first-order valence-electron chi connectivity index (χ1n) is 3.76.